The molecule has 11 heteroatoms. The van der Waals surface area contributed by atoms with Crippen molar-refractivity contribution in [1.82, 2.24) is 10.6 Å². The van der Waals surface area contributed by atoms with Crippen LogP contribution in [-0.4, -0.2) is 54.4 Å². The molecule has 2 atom stereocenters. The van der Waals surface area contributed by atoms with E-state index in [1.165, 1.54) is 6.42 Å². The third-order valence-electron chi connectivity index (χ3n) is 8.14. The Labute approximate surface area is 287 Å². The molecule has 0 aliphatic heterocycles. The van der Waals surface area contributed by atoms with Crippen LogP contribution in [0, 0.1) is 23.7 Å². The van der Waals surface area contributed by atoms with Gasteiger partial charge in [0.1, 0.15) is 12.4 Å². The Bertz CT molecular complexity index is 1160. The summed E-state index contributed by atoms with van der Waals surface area (Å²) < 4.78 is 5.60. The molecule has 0 radical (unpaired) electrons. The quantitative estimate of drug-likeness (QED) is 0.0890. The molecule has 0 heterocycles. The van der Waals surface area contributed by atoms with Crippen LogP contribution in [0.3, 0.4) is 0 Å². The number of anilines is 1. The topological polar surface area (TPSA) is 174 Å². The highest BCUT2D eigenvalue weighted by Gasteiger charge is 2.29. The zero-order valence-corrected chi connectivity index (χ0v) is 30.0. The minimum Gasteiger partial charge on any atom is -0.369 e. The largest absolute Gasteiger partial charge is 0.369 e. The number of benzene rings is 1. The first kappa shape index (κ1) is 42.4. The maximum Gasteiger partial charge on any atom is 0.312 e. The Kier molecular flexibility index (Phi) is 20.9. The van der Waals surface area contributed by atoms with Gasteiger partial charge in [-0.05, 0) is 55.2 Å². The molecule has 0 fully saturated rings. The number of rotatable bonds is 26. The highest BCUT2D eigenvalue weighted by atomic mass is 16.5. The van der Waals surface area contributed by atoms with Crippen molar-refractivity contribution in [3.8, 4) is 0 Å². The van der Waals surface area contributed by atoms with Crippen molar-refractivity contribution in [2.75, 3.05) is 18.5 Å². The van der Waals surface area contributed by atoms with Crippen LogP contribution >= 0.6 is 0 Å². The van der Waals surface area contributed by atoms with Crippen LogP contribution in [0.1, 0.15) is 118 Å². The standard InChI is InChI=1S/C37H60N4O7/c1-25(2)12-8-7-9-14-31(42)24-48-23-28-17-19-30(20-18-28)40-36(46)29(13-11-21-39-37(38)47)22-33(44)35(27(5)6)41-34(45)16-10-15-32(43)26(3)4/h17-20,25-27,29,35H,7-16,21-24H2,1-6H3,(H,40,46)(H,41,45)(H3,38,39,47)/t29-,35+/m1/s1. The van der Waals surface area contributed by atoms with Gasteiger partial charge in [-0.15, -0.1) is 0 Å². The summed E-state index contributed by atoms with van der Waals surface area (Å²) in [6.45, 7) is 12.3. The zero-order valence-electron chi connectivity index (χ0n) is 30.0. The summed E-state index contributed by atoms with van der Waals surface area (Å²) in [6, 6.07) is 5.64. The van der Waals surface area contributed by atoms with E-state index >= 15 is 0 Å². The van der Waals surface area contributed by atoms with E-state index in [2.05, 4.69) is 29.8 Å². The number of unbranched alkanes of at least 4 members (excludes halogenated alkanes) is 2. The number of ether oxygens (including phenoxy) is 1. The molecule has 0 unspecified atom stereocenters. The first-order chi connectivity index (χ1) is 22.7. The third kappa shape index (κ3) is 19.3. The van der Waals surface area contributed by atoms with Gasteiger partial charge in [0.25, 0.3) is 0 Å². The summed E-state index contributed by atoms with van der Waals surface area (Å²) in [5.74, 6) is -1.09. The molecule has 0 aliphatic rings. The van der Waals surface area contributed by atoms with Gasteiger partial charge in [-0.25, -0.2) is 4.79 Å². The molecular weight excluding hydrogens is 612 g/mol. The van der Waals surface area contributed by atoms with Gasteiger partial charge in [0.15, 0.2) is 11.6 Å². The summed E-state index contributed by atoms with van der Waals surface area (Å²) in [6.07, 6.45) is 6.24. The molecule has 0 spiro atoms. The maximum absolute atomic E-state index is 13.4. The van der Waals surface area contributed by atoms with Crippen molar-refractivity contribution in [2.24, 2.45) is 29.4 Å². The van der Waals surface area contributed by atoms with Crippen molar-refractivity contribution in [1.29, 1.82) is 0 Å². The number of hydrogen-bond donors (Lipinski definition) is 4. The molecule has 11 nitrogen and oxygen atoms in total. The van der Waals surface area contributed by atoms with E-state index in [1.807, 2.05) is 39.8 Å². The minimum atomic E-state index is -0.784. The summed E-state index contributed by atoms with van der Waals surface area (Å²) in [5, 5.41) is 8.18. The van der Waals surface area contributed by atoms with Gasteiger partial charge >= 0.3 is 6.03 Å². The van der Waals surface area contributed by atoms with E-state index in [4.69, 9.17) is 10.5 Å². The van der Waals surface area contributed by atoms with E-state index in [1.54, 1.807) is 12.1 Å². The van der Waals surface area contributed by atoms with Gasteiger partial charge in [0, 0.05) is 49.8 Å². The Morgan fingerprint density at radius 1 is 0.771 bits per heavy atom. The lowest BCUT2D eigenvalue weighted by atomic mass is 9.89. The molecule has 1 aromatic rings. The average molecular weight is 673 g/mol. The molecule has 270 valence electrons. The van der Waals surface area contributed by atoms with Gasteiger partial charge in [0.2, 0.25) is 11.8 Å². The van der Waals surface area contributed by atoms with E-state index < -0.39 is 18.0 Å². The fourth-order valence-electron chi connectivity index (χ4n) is 5.17. The summed E-state index contributed by atoms with van der Waals surface area (Å²) in [4.78, 5) is 74.6. The molecule has 48 heavy (non-hydrogen) atoms. The van der Waals surface area contributed by atoms with Crippen LogP contribution in [0.5, 0.6) is 0 Å². The number of nitrogens with one attached hydrogen (secondary N) is 3. The number of carbonyl (C=O) groups excluding carboxylic acids is 6. The van der Waals surface area contributed by atoms with Crippen LogP contribution in [0.4, 0.5) is 10.5 Å². The second-order valence-corrected chi connectivity index (χ2v) is 13.8. The number of urea groups is 1. The number of Topliss-reactive ketones (excluding diaryl/α,β-unsaturated/α-hetero) is 3. The summed E-state index contributed by atoms with van der Waals surface area (Å²) >= 11 is 0. The van der Waals surface area contributed by atoms with Crippen LogP contribution in [0.15, 0.2) is 24.3 Å². The third-order valence-corrected chi connectivity index (χ3v) is 8.14. The van der Waals surface area contributed by atoms with Gasteiger partial charge in [-0.3, -0.25) is 24.0 Å². The van der Waals surface area contributed by atoms with Crippen LogP contribution in [-0.2, 0) is 35.3 Å². The molecule has 0 aliphatic carbocycles. The summed E-state index contributed by atoms with van der Waals surface area (Å²) in [5.41, 5.74) is 6.56. The lowest BCUT2D eigenvalue weighted by Gasteiger charge is -2.24. The lowest BCUT2D eigenvalue weighted by molar-refractivity contribution is -0.131. The Balaban J connectivity index is 2.74. The SMILES string of the molecule is CC(C)CCCCCC(=O)COCc1ccc(NC(=O)[C@H](CCCNC(N)=O)CC(=O)[C@@H](NC(=O)CCCC(=O)C(C)C)C(C)C)cc1. The van der Waals surface area contributed by atoms with Crippen LogP contribution < -0.4 is 21.7 Å². The molecule has 4 amide bonds. The predicted octanol–water partition coefficient (Wildman–Crippen LogP) is 5.88. The monoisotopic (exact) mass is 672 g/mol. The average Bonchev–Trinajstić information content (AvgIpc) is 3.01. The van der Waals surface area contributed by atoms with Gasteiger partial charge in [0.05, 0.1) is 12.6 Å². The molecule has 0 bridgehead atoms. The summed E-state index contributed by atoms with van der Waals surface area (Å²) in [7, 11) is 0. The molecule has 5 N–H and O–H groups in total. The van der Waals surface area contributed by atoms with Crippen molar-refractivity contribution in [2.45, 2.75) is 125 Å². The number of amides is 4. The fraction of sp³-hybridized carbons (Fsp3) is 0.676. The first-order valence-corrected chi connectivity index (χ1v) is 17.6. The number of ketones is 3. The van der Waals surface area contributed by atoms with Gasteiger partial charge in [-0.1, -0.05) is 72.9 Å². The molecule has 0 saturated heterocycles. The number of primary amides is 1. The molecular formula is C37H60N4O7. The minimum absolute atomic E-state index is 0.0681. The lowest BCUT2D eigenvalue weighted by Crippen LogP contribution is -2.45. The molecule has 0 aromatic heterocycles. The number of nitrogens with two attached hydrogens (primary N) is 1. The van der Waals surface area contributed by atoms with Crippen molar-refractivity contribution < 1.29 is 33.5 Å². The van der Waals surface area contributed by atoms with E-state index in [9.17, 15) is 28.8 Å². The Morgan fingerprint density at radius 2 is 1.46 bits per heavy atom. The fourth-order valence-corrected chi connectivity index (χ4v) is 5.17. The second-order valence-electron chi connectivity index (χ2n) is 13.8. The van der Waals surface area contributed by atoms with Crippen molar-refractivity contribution in [3.63, 3.8) is 0 Å². The molecule has 0 saturated carbocycles. The highest BCUT2D eigenvalue weighted by Crippen LogP contribution is 2.20. The number of carbonyl (C=O) groups is 6. The maximum atomic E-state index is 13.4. The highest BCUT2D eigenvalue weighted by molar-refractivity contribution is 5.97. The molecule has 1 aromatic carbocycles. The first-order valence-electron chi connectivity index (χ1n) is 17.6. The smallest absolute Gasteiger partial charge is 0.312 e. The Morgan fingerprint density at radius 3 is 2.06 bits per heavy atom. The predicted molar refractivity (Wildman–Crippen MR) is 188 cm³/mol. The normalized spacial score (nSPS) is 12.5. The van der Waals surface area contributed by atoms with E-state index in [-0.39, 0.29) is 73.6 Å². The Hall–Kier alpha value is -3.60. The van der Waals surface area contributed by atoms with Crippen molar-refractivity contribution >= 4 is 40.9 Å². The van der Waals surface area contributed by atoms with Gasteiger partial charge in [-0.2, -0.15) is 0 Å². The van der Waals surface area contributed by atoms with Crippen LogP contribution in [0.25, 0.3) is 0 Å². The van der Waals surface area contributed by atoms with Gasteiger partial charge < -0.3 is 26.4 Å². The number of hydrogen-bond acceptors (Lipinski definition) is 7. The zero-order chi connectivity index (χ0) is 36.1. The van der Waals surface area contributed by atoms with E-state index in [0.29, 0.717) is 43.7 Å². The molecule has 1 rings (SSSR count). The van der Waals surface area contributed by atoms with Crippen LogP contribution in [0.2, 0.25) is 0 Å². The second kappa shape index (κ2) is 23.7. The van der Waals surface area contributed by atoms with E-state index in [0.717, 1.165) is 24.8 Å². The van der Waals surface area contributed by atoms with Crippen molar-refractivity contribution in [3.05, 3.63) is 29.8 Å².